The molecule has 0 atom stereocenters. The molecule has 0 radical (unpaired) electrons. The Bertz CT molecular complexity index is 537. The summed E-state index contributed by atoms with van der Waals surface area (Å²) in [5, 5.41) is 2.52. The van der Waals surface area contributed by atoms with Crippen LogP contribution in [0.4, 0.5) is 10.1 Å². The number of benzene rings is 1. The van der Waals surface area contributed by atoms with Gasteiger partial charge in [0, 0.05) is 12.1 Å². The second-order valence-corrected chi connectivity index (χ2v) is 3.69. The van der Waals surface area contributed by atoms with Crippen LogP contribution in [-0.4, -0.2) is 5.91 Å². The molecule has 0 saturated carbocycles. The van der Waals surface area contributed by atoms with Gasteiger partial charge in [0.05, 0.1) is 11.3 Å². The molecule has 1 amide bonds. The molecule has 2 rings (SSSR count). The van der Waals surface area contributed by atoms with E-state index in [2.05, 4.69) is 5.32 Å². The van der Waals surface area contributed by atoms with E-state index in [1.165, 1.54) is 12.1 Å². The Morgan fingerprint density at radius 3 is 2.47 bits per heavy atom. The van der Waals surface area contributed by atoms with Crippen LogP contribution in [-0.2, 0) is 7.05 Å². The zero-order chi connectivity index (χ0) is 12.3. The number of aromatic nitrogens is 1. The molecule has 0 aliphatic heterocycles. The number of aryl methyl sites for hydroxylation is 1. The maximum absolute atomic E-state index is 13.3. The Balaban J connectivity index is 2.17. The van der Waals surface area contributed by atoms with Crippen molar-refractivity contribution in [3.05, 3.63) is 60.2 Å². The van der Waals surface area contributed by atoms with E-state index in [1.54, 1.807) is 36.7 Å². The molecule has 86 valence electrons. The molecule has 1 aromatic carbocycles. The van der Waals surface area contributed by atoms with Gasteiger partial charge in [-0.2, -0.15) is 0 Å². The number of rotatable bonds is 2. The van der Waals surface area contributed by atoms with Crippen LogP contribution in [0.3, 0.4) is 0 Å². The highest BCUT2D eigenvalue weighted by Crippen LogP contribution is 2.13. The van der Waals surface area contributed by atoms with Gasteiger partial charge in [0.25, 0.3) is 5.91 Å². The number of carbonyl (C=O) groups excluding carboxylic acids is 1. The van der Waals surface area contributed by atoms with Gasteiger partial charge >= 0.3 is 0 Å². The highest BCUT2D eigenvalue weighted by Gasteiger charge is 2.09. The molecule has 1 N–H and O–H groups in total. The van der Waals surface area contributed by atoms with Crippen molar-refractivity contribution >= 4 is 11.6 Å². The fourth-order valence-electron chi connectivity index (χ4n) is 1.41. The SMILES string of the molecule is C[n+]1ccc(C(=O)Nc2ccccc2F)cc1. The van der Waals surface area contributed by atoms with Crippen LogP contribution < -0.4 is 9.88 Å². The lowest BCUT2D eigenvalue weighted by molar-refractivity contribution is -0.671. The molecular weight excluding hydrogens is 219 g/mol. The Labute approximate surface area is 98.5 Å². The number of anilines is 1. The van der Waals surface area contributed by atoms with Crippen LogP contribution in [0.25, 0.3) is 0 Å². The van der Waals surface area contributed by atoms with Gasteiger partial charge in [-0.25, -0.2) is 8.96 Å². The number of para-hydroxylation sites is 1. The van der Waals surface area contributed by atoms with E-state index in [1.807, 2.05) is 11.6 Å². The Hall–Kier alpha value is -2.23. The molecule has 4 heteroatoms. The Kier molecular flexibility index (Phi) is 3.14. The standard InChI is InChI=1S/C13H11FN2O/c1-16-8-6-10(7-9-16)13(17)15-12-5-3-2-4-11(12)14/h2-9H,1H3/p+1. The number of hydrogen-bond donors (Lipinski definition) is 1. The van der Waals surface area contributed by atoms with E-state index in [0.29, 0.717) is 5.56 Å². The fourth-order valence-corrected chi connectivity index (χ4v) is 1.41. The largest absolute Gasteiger partial charge is 0.319 e. The zero-order valence-electron chi connectivity index (χ0n) is 9.35. The molecule has 1 aromatic heterocycles. The van der Waals surface area contributed by atoms with E-state index in [9.17, 15) is 9.18 Å². The average molecular weight is 231 g/mol. The second kappa shape index (κ2) is 4.74. The Morgan fingerprint density at radius 2 is 1.82 bits per heavy atom. The third-order valence-electron chi connectivity index (χ3n) is 2.36. The van der Waals surface area contributed by atoms with Gasteiger partial charge < -0.3 is 5.32 Å². The van der Waals surface area contributed by atoms with Gasteiger partial charge in [0.2, 0.25) is 0 Å². The molecule has 17 heavy (non-hydrogen) atoms. The topological polar surface area (TPSA) is 33.0 Å². The molecule has 0 unspecified atom stereocenters. The number of nitrogens with one attached hydrogen (secondary N) is 1. The van der Waals surface area contributed by atoms with Gasteiger partial charge in [-0.05, 0) is 12.1 Å². The number of carbonyl (C=O) groups is 1. The number of hydrogen-bond acceptors (Lipinski definition) is 1. The molecule has 0 fully saturated rings. The second-order valence-electron chi connectivity index (χ2n) is 3.69. The predicted octanol–water partition coefficient (Wildman–Crippen LogP) is 1.90. The summed E-state index contributed by atoms with van der Waals surface area (Å²) in [4.78, 5) is 11.8. The van der Waals surface area contributed by atoms with Crippen molar-refractivity contribution in [1.29, 1.82) is 0 Å². The van der Waals surface area contributed by atoms with Crippen LogP contribution in [0.5, 0.6) is 0 Å². The summed E-state index contributed by atoms with van der Waals surface area (Å²) in [6.45, 7) is 0. The lowest BCUT2D eigenvalue weighted by Gasteiger charge is -2.05. The van der Waals surface area contributed by atoms with Crippen molar-refractivity contribution in [1.82, 2.24) is 0 Å². The molecule has 3 nitrogen and oxygen atoms in total. The minimum Gasteiger partial charge on any atom is -0.319 e. The first-order chi connectivity index (χ1) is 8.16. The van der Waals surface area contributed by atoms with Crippen molar-refractivity contribution in [3.63, 3.8) is 0 Å². The summed E-state index contributed by atoms with van der Waals surface area (Å²) >= 11 is 0. The first-order valence-electron chi connectivity index (χ1n) is 5.18. The molecule has 0 spiro atoms. The average Bonchev–Trinajstić information content (AvgIpc) is 2.33. The summed E-state index contributed by atoms with van der Waals surface area (Å²) in [6.07, 6.45) is 3.52. The quantitative estimate of drug-likeness (QED) is 0.787. The van der Waals surface area contributed by atoms with Crippen LogP contribution in [0.1, 0.15) is 10.4 Å². The molecule has 0 bridgehead atoms. The summed E-state index contributed by atoms with van der Waals surface area (Å²) in [5.74, 6) is -0.766. The Morgan fingerprint density at radius 1 is 1.18 bits per heavy atom. The van der Waals surface area contributed by atoms with Gasteiger partial charge in [-0.3, -0.25) is 4.79 Å². The number of amides is 1. The molecule has 0 aliphatic rings. The van der Waals surface area contributed by atoms with Crippen molar-refractivity contribution in [2.75, 3.05) is 5.32 Å². The predicted molar refractivity (Wildman–Crippen MR) is 62.0 cm³/mol. The van der Waals surface area contributed by atoms with Crippen molar-refractivity contribution in [2.24, 2.45) is 7.05 Å². The maximum atomic E-state index is 13.3. The molecule has 0 saturated heterocycles. The first-order valence-corrected chi connectivity index (χ1v) is 5.18. The monoisotopic (exact) mass is 231 g/mol. The van der Waals surface area contributed by atoms with E-state index in [4.69, 9.17) is 0 Å². The number of nitrogens with zero attached hydrogens (tertiary/aromatic N) is 1. The van der Waals surface area contributed by atoms with Gasteiger partial charge in [-0.15, -0.1) is 0 Å². The number of pyridine rings is 1. The highest BCUT2D eigenvalue weighted by molar-refractivity contribution is 6.04. The zero-order valence-corrected chi connectivity index (χ0v) is 9.35. The van der Waals surface area contributed by atoms with Gasteiger partial charge in [0.15, 0.2) is 12.4 Å². The van der Waals surface area contributed by atoms with Gasteiger partial charge in [0.1, 0.15) is 12.9 Å². The van der Waals surface area contributed by atoms with Crippen LogP contribution >= 0.6 is 0 Å². The summed E-state index contributed by atoms with van der Waals surface area (Å²) in [5.41, 5.74) is 0.678. The van der Waals surface area contributed by atoms with Crippen molar-refractivity contribution in [3.8, 4) is 0 Å². The maximum Gasteiger partial charge on any atom is 0.256 e. The smallest absolute Gasteiger partial charge is 0.256 e. The summed E-state index contributed by atoms with van der Waals surface area (Å²) < 4.78 is 15.1. The molecule has 0 aliphatic carbocycles. The molecule has 1 heterocycles. The van der Waals surface area contributed by atoms with Gasteiger partial charge in [-0.1, -0.05) is 12.1 Å². The molecular formula is C13H12FN2O+. The van der Waals surface area contributed by atoms with E-state index in [-0.39, 0.29) is 11.6 Å². The van der Waals surface area contributed by atoms with Crippen LogP contribution in [0, 0.1) is 5.82 Å². The third-order valence-corrected chi connectivity index (χ3v) is 2.36. The first kappa shape index (κ1) is 11.3. The normalized spacial score (nSPS) is 10.0. The van der Waals surface area contributed by atoms with E-state index < -0.39 is 5.82 Å². The lowest BCUT2D eigenvalue weighted by atomic mass is 10.2. The third kappa shape index (κ3) is 2.66. The fraction of sp³-hybridized carbons (Fsp3) is 0.0769. The minimum atomic E-state index is -0.442. The lowest BCUT2D eigenvalue weighted by Crippen LogP contribution is -2.27. The van der Waals surface area contributed by atoms with Crippen molar-refractivity contribution in [2.45, 2.75) is 0 Å². The highest BCUT2D eigenvalue weighted by atomic mass is 19.1. The molecule has 2 aromatic rings. The summed E-state index contributed by atoms with van der Waals surface area (Å²) in [6, 6.07) is 9.43. The summed E-state index contributed by atoms with van der Waals surface area (Å²) in [7, 11) is 1.86. The number of halogens is 1. The van der Waals surface area contributed by atoms with Crippen LogP contribution in [0.2, 0.25) is 0 Å². The van der Waals surface area contributed by atoms with E-state index in [0.717, 1.165) is 0 Å². The van der Waals surface area contributed by atoms with E-state index >= 15 is 0 Å². The minimum absolute atomic E-state index is 0.186. The van der Waals surface area contributed by atoms with Crippen LogP contribution in [0.15, 0.2) is 48.8 Å². The van der Waals surface area contributed by atoms with Crippen molar-refractivity contribution < 1.29 is 13.8 Å².